The van der Waals surface area contributed by atoms with E-state index < -0.39 is 6.10 Å². The van der Waals surface area contributed by atoms with Crippen LogP contribution in [0.5, 0.6) is 5.75 Å². The molecular weight excluding hydrogens is 347 g/mol. The van der Waals surface area contributed by atoms with Gasteiger partial charge in [-0.1, -0.05) is 0 Å². The Kier molecular flexibility index (Phi) is 6.99. The maximum absolute atomic E-state index is 11.1. The molecule has 100 valence electrons. The van der Waals surface area contributed by atoms with E-state index in [4.69, 9.17) is 10.5 Å². The molecule has 1 atom stereocenters. The largest absolute Gasteiger partial charge is 0.491 e. The number of carbonyl (C=O) groups is 1. The van der Waals surface area contributed by atoms with E-state index in [0.29, 0.717) is 12.3 Å². The average molecular weight is 364 g/mol. The Labute approximate surface area is 120 Å². The minimum Gasteiger partial charge on any atom is -0.491 e. The summed E-state index contributed by atoms with van der Waals surface area (Å²) in [5.74, 6) is 0.536. The predicted molar refractivity (Wildman–Crippen MR) is 77.3 cm³/mol. The lowest BCUT2D eigenvalue weighted by atomic mass is 10.3. The molecule has 1 rings (SSSR count). The lowest BCUT2D eigenvalue weighted by molar-refractivity contribution is -0.121. The van der Waals surface area contributed by atoms with Crippen molar-refractivity contribution < 1.29 is 14.6 Å². The van der Waals surface area contributed by atoms with Crippen molar-refractivity contribution in [2.45, 2.75) is 12.5 Å². The lowest BCUT2D eigenvalue weighted by Crippen LogP contribution is -2.36. The van der Waals surface area contributed by atoms with Crippen molar-refractivity contribution in [2.75, 3.05) is 19.7 Å². The van der Waals surface area contributed by atoms with Crippen molar-refractivity contribution in [3.05, 3.63) is 27.8 Å². The van der Waals surface area contributed by atoms with E-state index in [1.165, 1.54) is 0 Å². The average Bonchev–Trinajstić information content (AvgIpc) is 2.36. The smallest absolute Gasteiger partial charge is 0.221 e. The number of halogens is 1. The molecule has 6 heteroatoms. The summed E-state index contributed by atoms with van der Waals surface area (Å²) in [7, 11) is 0. The number of aliphatic hydroxyl groups is 1. The van der Waals surface area contributed by atoms with E-state index in [2.05, 4.69) is 27.9 Å². The molecule has 0 saturated heterocycles. The van der Waals surface area contributed by atoms with E-state index in [1.807, 2.05) is 24.3 Å². The zero-order chi connectivity index (χ0) is 13.4. The third kappa shape index (κ3) is 6.18. The van der Waals surface area contributed by atoms with Crippen LogP contribution in [0.1, 0.15) is 6.42 Å². The summed E-state index contributed by atoms with van der Waals surface area (Å²) in [5, 5.41) is 12.2. The van der Waals surface area contributed by atoms with Crippen molar-refractivity contribution in [1.29, 1.82) is 0 Å². The van der Waals surface area contributed by atoms with Crippen LogP contribution in [0.2, 0.25) is 0 Å². The topological polar surface area (TPSA) is 84.6 Å². The molecule has 0 aliphatic rings. The minimum absolute atomic E-state index is 0.142. The number of ether oxygens (including phenoxy) is 1. The molecular formula is C12H17IN2O3. The lowest BCUT2D eigenvalue weighted by Gasteiger charge is -2.13. The second-order valence-electron chi connectivity index (χ2n) is 3.76. The molecule has 0 radical (unpaired) electrons. The molecule has 18 heavy (non-hydrogen) atoms. The van der Waals surface area contributed by atoms with Crippen molar-refractivity contribution in [3.8, 4) is 5.75 Å². The van der Waals surface area contributed by atoms with Gasteiger partial charge in [0.05, 0.1) is 0 Å². The second kappa shape index (κ2) is 8.28. The molecule has 1 aromatic carbocycles. The Morgan fingerprint density at radius 1 is 1.44 bits per heavy atom. The normalized spacial score (nSPS) is 11.9. The quantitative estimate of drug-likeness (QED) is 0.615. The van der Waals surface area contributed by atoms with Crippen LogP contribution in [0.3, 0.4) is 0 Å². The standard InChI is InChI=1S/C12H17IN2O3/c13-9-1-3-11(4-2-9)18-8-10(16)7-15-12(17)5-6-14/h1-4,10,16H,5-8,14H2,(H,15,17). The van der Waals surface area contributed by atoms with E-state index in [-0.39, 0.29) is 25.5 Å². The summed E-state index contributed by atoms with van der Waals surface area (Å²) in [6, 6.07) is 7.51. The molecule has 0 spiro atoms. The molecule has 0 saturated carbocycles. The summed E-state index contributed by atoms with van der Waals surface area (Å²) in [5.41, 5.74) is 5.23. The Morgan fingerprint density at radius 2 is 2.11 bits per heavy atom. The van der Waals surface area contributed by atoms with Gasteiger partial charge in [-0.3, -0.25) is 4.79 Å². The summed E-state index contributed by atoms with van der Waals surface area (Å²) in [6.07, 6.45) is -0.462. The van der Waals surface area contributed by atoms with Gasteiger partial charge in [0.15, 0.2) is 0 Å². The fourth-order valence-corrected chi connectivity index (χ4v) is 1.59. The highest BCUT2D eigenvalue weighted by molar-refractivity contribution is 14.1. The molecule has 4 N–H and O–H groups in total. The Hall–Kier alpha value is -0.860. The first-order valence-electron chi connectivity index (χ1n) is 5.65. The highest BCUT2D eigenvalue weighted by Crippen LogP contribution is 2.13. The Bertz CT molecular complexity index is 370. The van der Waals surface area contributed by atoms with Gasteiger partial charge in [0.2, 0.25) is 5.91 Å². The fourth-order valence-electron chi connectivity index (χ4n) is 1.23. The van der Waals surface area contributed by atoms with E-state index in [9.17, 15) is 9.90 Å². The summed E-state index contributed by atoms with van der Waals surface area (Å²) < 4.78 is 6.51. The second-order valence-corrected chi connectivity index (χ2v) is 5.01. The van der Waals surface area contributed by atoms with Crippen molar-refractivity contribution in [1.82, 2.24) is 5.32 Å². The highest BCUT2D eigenvalue weighted by Gasteiger charge is 2.07. The van der Waals surface area contributed by atoms with E-state index in [1.54, 1.807) is 0 Å². The number of carbonyl (C=O) groups excluding carboxylic acids is 1. The minimum atomic E-state index is -0.731. The number of benzene rings is 1. The Morgan fingerprint density at radius 3 is 2.72 bits per heavy atom. The number of hydrogen-bond acceptors (Lipinski definition) is 4. The number of amides is 1. The van der Waals surface area contributed by atoms with Crippen LogP contribution in [0, 0.1) is 3.57 Å². The molecule has 0 aliphatic carbocycles. The number of rotatable bonds is 7. The molecule has 0 aliphatic heterocycles. The van der Waals surface area contributed by atoms with Crippen LogP contribution < -0.4 is 15.8 Å². The van der Waals surface area contributed by atoms with Gasteiger partial charge in [-0.25, -0.2) is 0 Å². The number of nitrogens with one attached hydrogen (secondary N) is 1. The zero-order valence-electron chi connectivity index (χ0n) is 9.93. The fraction of sp³-hybridized carbons (Fsp3) is 0.417. The van der Waals surface area contributed by atoms with Crippen molar-refractivity contribution >= 4 is 28.5 Å². The van der Waals surface area contributed by atoms with Crippen LogP contribution in [0.15, 0.2) is 24.3 Å². The van der Waals surface area contributed by atoms with Crippen molar-refractivity contribution in [3.63, 3.8) is 0 Å². The van der Waals surface area contributed by atoms with E-state index in [0.717, 1.165) is 3.57 Å². The van der Waals surface area contributed by atoms with Gasteiger partial charge in [-0.2, -0.15) is 0 Å². The van der Waals surface area contributed by atoms with E-state index >= 15 is 0 Å². The molecule has 1 aromatic rings. The van der Waals surface area contributed by atoms with Crippen LogP contribution in [-0.2, 0) is 4.79 Å². The molecule has 1 unspecified atom stereocenters. The number of nitrogens with two attached hydrogens (primary N) is 1. The van der Waals surface area contributed by atoms with Crippen LogP contribution >= 0.6 is 22.6 Å². The SMILES string of the molecule is NCCC(=O)NCC(O)COc1ccc(I)cc1. The monoisotopic (exact) mass is 364 g/mol. The molecule has 0 bridgehead atoms. The third-order valence-corrected chi connectivity index (χ3v) is 2.88. The molecule has 0 heterocycles. The third-order valence-electron chi connectivity index (χ3n) is 2.16. The first-order chi connectivity index (χ1) is 8.61. The Balaban J connectivity index is 2.22. The molecule has 0 aromatic heterocycles. The highest BCUT2D eigenvalue weighted by atomic mass is 127. The molecule has 0 fully saturated rings. The van der Waals surface area contributed by atoms with Gasteiger partial charge >= 0.3 is 0 Å². The number of hydrogen-bond donors (Lipinski definition) is 3. The zero-order valence-corrected chi connectivity index (χ0v) is 12.1. The summed E-state index contributed by atoms with van der Waals surface area (Å²) in [6.45, 7) is 0.619. The van der Waals surface area contributed by atoms with Crippen molar-refractivity contribution in [2.24, 2.45) is 5.73 Å². The van der Waals surface area contributed by atoms with Crippen LogP contribution in [0.25, 0.3) is 0 Å². The summed E-state index contributed by atoms with van der Waals surface area (Å²) in [4.78, 5) is 11.1. The summed E-state index contributed by atoms with van der Waals surface area (Å²) >= 11 is 2.20. The number of aliphatic hydroxyl groups excluding tert-OH is 1. The molecule has 1 amide bonds. The predicted octanol–water partition coefficient (Wildman–Crippen LogP) is 0.496. The first kappa shape index (κ1) is 15.2. The maximum atomic E-state index is 11.1. The van der Waals surface area contributed by atoms with Gasteiger partial charge < -0.3 is 20.9 Å². The van der Waals surface area contributed by atoms with Gasteiger partial charge in [0, 0.05) is 23.1 Å². The molecule has 5 nitrogen and oxygen atoms in total. The van der Waals surface area contributed by atoms with Gasteiger partial charge in [0.25, 0.3) is 0 Å². The maximum Gasteiger partial charge on any atom is 0.221 e. The van der Waals surface area contributed by atoms with Crippen LogP contribution in [-0.4, -0.2) is 36.8 Å². The first-order valence-corrected chi connectivity index (χ1v) is 6.73. The van der Waals surface area contributed by atoms with Crippen LogP contribution in [0.4, 0.5) is 0 Å². The van der Waals surface area contributed by atoms with Gasteiger partial charge in [0.1, 0.15) is 18.5 Å². The van der Waals surface area contributed by atoms with Gasteiger partial charge in [-0.05, 0) is 46.9 Å². The van der Waals surface area contributed by atoms with Gasteiger partial charge in [-0.15, -0.1) is 0 Å².